The Labute approximate surface area is 124 Å². The van der Waals surface area contributed by atoms with Crippen molar-refractivity contribution in [3.05, 3.63) is 35.9 Å². The molecule has 1 aromatic rings. The first-order valence-corrected chi connectivity index (χ1v) is 7.41. The van der Waals surface area contributed by atoms with Crippen LogP contribution in [0.15, 0.2) is 30.3 Å². The lowest BCUT2D eigenvalue weighted by molar-refractivity contribution is -0.138. The number of carboxylic acids is 1. The minimum Gasteiger partial charge on any atom is -0.481 e. The quantitative estimate of drug-likeness (QED) is 0.752. The predicted molar refractivity (Wildman–Crippen MR) is 80.1 cm³/mol. The monoisotopic (exact) mass is 290 g/mol. The Kier molecular flexibility index (Phi) is 5.20. The highest BCUT2D eigenvalue weighted by atomic mass is 16.4. The molecular weight excluding hydrogens is 268 g/mol. The summed E-state index contributed by atoms with van der Waals surface area (Å²) in [6.07, 6.45) is 4.19. The van der Waals surface area contributed by atoms with Crippen molar-refractivity contribution in [3.8, 4) is 0 Å². The molecule has 1 aliphatic rings. The molecule has 114 valence electrons. The molecule has 5 nitrogen and oxygen atoms in total. The molecule has 0 aromatic heterocycles. The summed E-state index contributed by atoms with van der Waals surface area (Å²) in [5, 5.41) is 14.7. The highest BCUT2D eigenvalue weighted by Crippen LogP contribution is 2.32. The normalized spacial score (nSPS) is 16.4. The maximum atomic E-state index is 12.0. The Morgan fingerprint density at radius 1 is 1.14 bits per heavy atom. The van der Waals surface area contributed by atoms with Gasteiger partial charge in [-0.2, -0.15) is 0 Å². The van der Waals surface area contributed by atoms with E-state index in [-0.39, 0.29) is 12.5 Å². The molecule has 5 heteroatoms. The molecule has 3 N–H and O–H groups in total. The van der Waals surface area contributed by atoms with Crippen LogP contribution in [0.4, 0.5) is 4.79 Å². The van der Waals surface area contributed by atoms with Gasteiger partial charge in [-0.15, -0.1) is 0 Å². The highest BCUT2D eigenvalue weighted by molar-refractivity contribution is 5.76. The minimum atomic E-state index is -0.860. The fourth-order valence-corrected chi connectivity index (χ4v) is 2.94. The van der Waals surface area contributed by atoms with E-state index in [1.807, 2.05) is 30.3 Å². The number of hydrogen-bond acceptors (Lipinski definition) is 2. The first-order valence-electron chi connectivity index (χ1n) is 7.41. The van der Waals surface area contributed by atoms with E-state index in [2.05, 4.69) is 10.6 Å². The second kappa shape index (κ2) is 7.11. The maximum absolute atomic E-state index is 12.0. The summed E-state index contributed by atoms with van der Waals surface area (Å²) in [5.41, 5.74) is 0.599. The molecule has 0 radical (unpaired) electrons. The third-order valence-corrected chi connectivity index (χ3v) is 3.97. The van der Waals surface area contributed by atoms with Gasteiger partial charge in [0.05, 0.1) is 12.0 Å². The number of amides is 2. The van der Waals surface area contributed by atoms with E-state index in [0.717, 1.165) is 32.1 Å². The van der Waals surface area contributed by atoms with Crippen molar-refractivity contribution in [2.75, 3.05) is 6.54 Å². The number of nitrogens with one attached hydrogen (secondary N) is 2. The lowest BCUT2D eigenvalue weighted by Crippen LogP contribution is -2.51. The largest absolute Gasteiger partial charge is 0.481 e. The molecule has 2 amide bonds. The van der Waals surface area contributed by atoms with Crippen molar-refractivity contribution >= 4 is 12.0 Å². The smallest absolute Gasteiger partial charge is 0.315 e. The number of urea groups is 1. The third kappa shape index (κ3) is 4.77. The maximum Gasteiger partial charge on any atom is 0.315 e. The SMILES string of the molecule is O=C(O)CC1(NC(=O)NCCc2ccccc2)CCCC1. The third-order valence-electron chi connectivity index (χ3n) is 3.97. The molecule has 0 atom stereocenters. The molecule has 1 saturated carbocycles. The highest BCUT2D eigenvalue weighted by Gasteiger charge is 2.37. The molecule has 0 heterocycles. The van der Waals surface area contributed by atoms with Gasteiger partial charge >= 0.3 is 12.0 Å². The van der Waals surface area contributed by atoms with E-state index < -0.39 is 11.5 Å². The van der Waals surface area contributed by atoms with Crippen molar-refractivity contribution < 1.29 is 14.7 Å². The van der Waals surface area contributed by atoms with Crippen molar-refractivity contribution in [1.29, 1.82) is 0 Å². The fraction of sp³-hybridized carbons (Fsp3) is 0.500. The van der Waals surface area contributed by atoms with Gasteiger partial charge in [-0.25, -0.2) is 4.79 Å². The van der Waals surface area contributed by atoms with Crippen LogP contribution in [0.25, 0.3) is 0 Å². The summed E-state index contributed by atoms with van der Waals surface area (Å²) in [6.45, 7) is 0.541. The summed E-state index contributed by atoms with van der Waals surface area (Å²) in [5.74, 6) is -0.860. The predicted octanol–water partition coefficient (Wildman–Crippen LogP) is 2.32. The Hall–Kier alpha value is -2.04. The number of hydrogen-bond donors (Lipinski definition) is 3. The molecule has 1 aromatic carbocycles. The zero-order valence-electron chi connectivity index (χ0n) is 12.1. The van der Waals surface area contributed by atoms with Crippen molar-refractivity contribution in [1.82, 2.24) is 10.6 Å². The van der Waals surface area contributed by atoms with Crippen LogP contribution in [0.2, 0.25) is 0 Å². The number of rotatable bonds is 6. The first-order chi connectivity index (χ1) is 10.1. The van der Waals surface area contributed by atoms with Gasteiger partial charge in [0, 0.05) is 6.54 Å². The van der Waals surface area contributed by atoms with Crippen molar-refractivity contribution in [2.24, 2.45) is 0 Å². The Morgan fingerprint density at radius 2 is 1.81 bits per heavy atom. The molecule has 1 aliphatic carbocycles. The minimum absolute atomic E-state index is 0.000888. The number of benzene rings is 1. The van der Waals surface area contributed by atoms with Gasteiger partial charge in [0.2, 0.25) is 0 Å². The molecule has 0 bridgehead atoms. The van der Waals surface area contributed by atoms with Crippen LogP contribution in [0.3, 0.4) is 0 Å². The van der Waals surface area contributed by atoms with Gasteiger partial charge in [0.15, 0.2) is 0 Å². The molecule has 1 fully saturated rings. The Bertz CT molecular complexity index is 482. The number of aliphatic carboxylic acids is 1. The molecule has 0 saturated heterocycles. The lowest BCUT2D eigenvalue weighted by atomic mass is 9.93. The van der Waals surface area contributed by atoms with Crippen LogP contribution in [-0.2, 0) is 11.2 Å². The van der Waals surface area contributed by atoms with Crippen LogP contribution < -0.4 is 10.6 Å². The fourth-order valence-electron chi connectivity index (χ4n) is 2.94. The van der Waals surface area contributed by atoms with Gasteiger partial charge in [0.25, 0.3) is 0 Å². The van der Waals surface area contributed by atoms with Crippen LogP contribution in [0.5, 0.6) is 0 Å². The topological polar surface area (TPSA) is 78.4 Å². The molecule has 2 rings (SSSR count). The van der Waals surface area contributed by atoms with Gasteiger partial charge in [-0.05, 0) is 24.8 Å². The van der Waals surface area contributed by atoms with E-state index in [1.165, 1.54) is 5.56 Å². The molecular formula is C16H22N2O3. The number of carbonyl (C=O) groups is 2. The summed E-state index contributed by atoms with van der Waals surface area (Å²) in [4.78, 5) is 22.9. The number of carbonyl (C=O) groups excluding carboxylic acids is 1. The zero-order chi connectivity index (χ0) is 15.1. The van der Waals surface area contributed by atoms with E-state index in [0.29, 0.717) is 6.54 Å². The van der Waals surface area contributed by atoms with Gasteiger partial charge in [-0.3, -0.25) is 4.79 Å². The van der Waals surface area contributed by atoms with E-state index in [9.17, 15) is 9.59 Å². The lowest BCUT2D eigenvalue weighted by Gasteiger charge is -2.28. The average Bonchev–Trinajstić information content (AvgIpc) is 2.87. The second-order valence-corrected chi connectivity index (χ2v) is 5.67. The van der Waals surface area contributed by atoms with Crippen LogP contribution in [-0.4, -0.2) is 29.2 Å². The first kappa shape index (κ1) is 15.4. The van der Waals surface area contributed by atoms with Crippen LogP contribution in [0, 0.1) is 0 Å². The second-order valence-electron chi connectivity index (χ2n) is 5.67. The van der Waals surface area contributed by atoms with Gasteiger partial charge in [0.1, 0.15) is 0 Å². The average molecular weight is 290 g/mol. The van der Waals surface area contributed by atoms with Crippen molar-refractivity contribution in [2.45, 2.75) is 44.1 Å². The summed E-state index contributed by atoms with van der Waals surface area (Å²) >= 11 is 0. The van der Waals surface area contributed by atoms with Crippen LogP contribution >= 0.6 is 0 Å². The molecule has 0 spiro atoms. The molecule has 0 aliphatic heterocycles. The van der Waals surface area contributed by atoms with E-state index in [1.54, 1.807) is 0 Å². The summed E-state index contributed by atoms with van der Waals surface area (Å²) < 4.78 is 0. The summed E-state index contributed by atoms with van der Waals surface area (Å²) in [6, 6.07) is 9.66. The standard InChI is InChI=1S/C16H22N2O3/c19-14(20)12-16(9-4-5-10-16)18-15(21)17-11-8-13-6-2-1-3-7-13/h1-3,6-7H,4-5,8-12H2,(H,19,20)(H2,17,18,21). The van der Waals surface area contributed by atoms with Gasteiger partial charge < -0.3 is 15.7 Å². The van der Waals surface area contributed by atoms with Crippen LogP contribution in [0.1, 0.15) is 37.7 Å². The summed E-state index contributed by atoms with van der Waals surface area (Å²) in [7, 11) is 0. The Morgan fingerprint density at radius 3 is 2.43 bits per heavy atom. The van der Waals surface area contributed by atoms with E-state index >= 15 is 0 Å². The van der Waals surface area contributed by atoms with Crippen molar-refractivity contribution in [3.63, 3.8) is 0 Å². The van der Waals surface area contributed by atoms with Gasteiger partial charge in [-0.1, -0.05) is 43.2 Å². The molecule has 0 unspecified atom stereocenters. The number of carboxylic acid groups (broad SMARTS) is 1. The Balaban J connectivity index is 1.78. The molecule has 21 heavy (non-hydrogen) atoms. The zero-order valence-corrected chi connectivity index (χ0v) is 12.1. The van der Waals surface area contributed by atoms with E-state index in [4.69, 9.17) is 5.11 Å².